The number of ether oxygens (including phenoxy) is 1. The van der Waals surface area contributed by atoms with E-state index in [2.05, 4.69) is 4.98 Å². The molecule has 0 fully saturated rings. The normalized spacial score (nSPS) is 10.7. The molecule has 0 saturated heterocycles. The Bertz CT molecular complexity index is 763. The first-order valence-corrected chi connectivity index (χ1v) is 8.30. The summed E-state index contributed by atoms with van der Waals surface area (Å²) >= 11 is 1.56. The van der Waals surface area contributed by atoms with E-state index in [0.29, 0.717) is 30.2 Å². The van der Waals surface area contributed by atoms with Crippen molar-refractivity contribution in [3.05, 3.63) is 64.9 Å². The van der Waals surface area contributed by atoms with Crippen LogP contribution in [-0.2, 0) is 22.6 Å². The van der Waals surface area contributed by atoms with Crippen LogP contribution in [0.5, 0.6) is 0 Å². The number of hydrogen-bond acceptors (Lipinski definition) is 5. The number of hydrogen-bond donors (Lipinski definition) is 0. The van der Waals surface area contributed by atoms with Crippen LogP contribution >= 0.6 is 11.3 Å². The lowest BCUT2D eigenvalue weighted by atomic mass is 10.1. The maximum absolute atomic E-state index is 11.9. The van der Waals surface area contributed by atoms with Crippen LogP contribution in [0.1, 0.15) is 23.4 Å². The third-order valence-corrected chi connectivity index (χ3v) is 4.31. The highest BCUT2D eigenvalue weighted by molar-refractivity contribution is 7.13. The lowest BCUT2D eigenvalue weighted by Gasteiger charge is -2.03. The Balaban J connectivity index is 1.53. The molecular formula is C18H17NO3S. The van der Waals surface area contributed by atoms with Crippen LogP contribution in [0.3, 0.4) is 0 Å². The molecule has 0 spiro atoms. The SMILES string of the molecule is Cc1oc(-c2cccs2)nc1COC(=O)CCc1ccccc1. The summed E-state index contributed by atoms with van der Waals surface area (Å²) in [5.74, 6) is 1.03. The second-order valence-corrected chi connectivity index (χ2v) is 6.09. The highest BCUT2D eigenvalue weighted by Crippen LogP contribution is 2.26. The number of aromatic nitrogens is 1. The number of nitrogens with zero attached hydrogens (tertiary/aromatic N) is 1. The minimum Gasteiger partial charge on any atom is -0.459 e. The summed E-state index contributed by atoms with van der Waals surface area (Å²) in [6.07, 6.45) is 1.04. The molecule has 0 aliphatic rings. The molecule has 2 heterocycles. The zero-order valence-electron chi connectivity index (χ0n) is 12.8. The van der Waals surface area contributed by atoms with Crippen molar-refractivity contribution >= 4 is 17.3 Å². The van der Waals surface area contributed by atoms with E-state index >= 15 is 0 Å². The average molecular weight is 327 g/mol. The molecular weight excluding hydrogens is 310 g/mol. The smallest absolute Gasteiger partial charge is 0.306 e. The molecule has 0 bridgehead atoms. The Morgan fingerprint density at radius 1 is 1.22 bits per heavy atom. The van der Waals surface area contributed by atoms with Gasteiger partial charge in [-0.15, -0.1) is 11.3 Å². The second kappa shape index (κ2) is 7.24. The van der Waals surface area contributed by atoms with Gasteiger partial charge < -0.3 is 9.15 Å². The largest absolute Gasteiger partial charge is 0.459 e. The summed E-state index contributed by atoms with van der Waals surface area (Å²) in [4.78, 5) is 17.2. The summed E-state index contributed by atoms with van der Waals surface area (Å²) in [5, 5.41) is 1.97. The van der Waals surface area contributed by atoms with Crippen molar-refractivity contribution < 1.29 is 13.9 Å². The summed E-state index contributed by atoms with van der Waals surface area (Å²) in [7, 11) is 0. The molecule has 0 aliphatic carbocycles. The van der Waals surface area contributed by atoms with Crippen molar-refractivity contribution in [2.24, 2.45) is 0 Å². The molecule has 23 heavy (non-hydrogen) atoms. The molecule has 5 heteroatoms. The first-order chi connectivity index (χ1) is 11.2. The van der Waals surface area contributed by atoms with Gasteiger partial charge in [-0.2, -0.15) is 0 Å². The highest BCUT2D eigenvalue weighted by atomic mass is 32.1. The fraction of sp³-hybridized carbons (Fsp3) is 0.222. The van der Waals surface area contributed by atoms with Crippen LogP contribution < -0.4 is 0 Å². The molecule has 3 aromatic rings. The fourth-order valence-electron chi connectivity index (χ4n) is 2.18. The van der Waals surface area contributed by atoms with Crippen molar-refractivity contribution in [1.29, 1.82) is 0 Å². The van der Waals surface area contributed by atoms with E-state index in [-0.39, 0.29) is 12.6 Å². The predicted molar refractivity (Wildman–Crippen MR) is 89.1 cm³/mol. The molecule has 0 radical (unpaired) electrons. The summed E-state index contributed by atoms with van der Waals surface area (Å²) in [5.41, 5.74) is 1.79. The predicted octanol–water partition coefficient (Wildman–Crippen LogP) is 4.39. The van der Waals surface area contributed by atoms with Gasteiger partial charge in [0, 0.05) is 6.42 Å². The van der Waals surface area contributed by atoms with E-state index < -0.39 is 0 Å². The van der Waals surface area contributed by atoms with Crippen molar-refractivity contribution in [3.63, 3.8) is 0 Å². The van der Waals surface area contributed by atoms with Gasteiger partial charge in [-0.3, -0.25) is 4.79 Å². The number of esters is 1. The van der Waals surface area contributed by atoms with Gasteiger partial charge in [-0.05, 0) is 30.4 Å². The Kier molecular flexibility index (Phi) is 4.88. The average Bonchev–Trinajstić information content (AvgIpc) is 3.21. The quantitative estimate of drug-likeness (QED) is 0.630. The van der Waals surface area contributed by atoms with E-state index in [1.165, 1.54) is 0 Å². The second-order valence-electron chi connectivity index (χ2n) is 5.15. The number of carbonyl (C=O) groups is 1. The van der Waals surface area contributed by atoms with Gasteiger partial charge in [0.1, 0.15) is 18.1 Å². The van der Waals surface area contributed by atoms with Crippen LogP contribution in [0.25, 0.3) is 10.8 Å². The highest BCUT2D eigenvalue weighted by Gasteiger charge is 2.14. The van der Waals surface area contributed by atoms with Gasteiger partial charge in [0.25, 0.3) is 0 Å². The molecule has 0 atom stereocenters. The van der Waals surface area contributed by atoms with Crippen LogP contribution in [0, 0.1) is 6.92 Å². The van der Waals surface area contributed by atoms with Crippen LogP contribution in [0.4, 0.5) is 0 Å². The lowest BCUT2D eigenvalue weighted by Crippen LogP contribution is -2.06. The van der Waals surface area contributed by atoms with Gasteiger partial charge in [0.15, 0.2) is 0 Å². The number of carbonyl (C=O) groups excluding carboxylic acids is 1. The van der Waals surface area contributed by atoms with E-state index in [1.807, 2.05) is 54.8 Å². The Labute approximate surface area is 138 Å². The number of oxazole rings is 1. The van der Waals surface area contributed by atoms with Gasteiger partial charge in [-0.25, -0.2) is 4.98 Å². The number of rotatable bonds is 6. The van der Waals surface area contributed by atoms with E-state index in [1.54, 1.807) is 11.3 Å². The first-order valence-electron chi connectivity index (χ1n) is 7.42. The standard InChI is InChI=1S/C18H17NO3S/c1-13-15(19-18(22-13)16-8-5-11-23-16)12-21-17(20)10-9-14-6-3-2-4-7-14/h2-8,11H,9-10,12H2,1H3. The summed E-state index contributed by atoms with van der Waals surface area (Å²) in [6.45, 7) is 1.98. The third-order valence-electron chi connectivity index (χ3n) is 3.46. The van der Waals surface area contributed by atoms with Crippen LogP contribution in [0.15, 0.2) is 52.3 Å². The van der Waals surface area contributed by atoms with Crippen LogP contribution in [0.2, 0.25) is 0 Å². The third kappa shape index (κ3) is 4.07. The number of aryl methyl sites for hydroxylation is 2. The maximum atomic E-state index is 11.9. The van der Waals surface area contributed by atoms with Crippen molar-refractivity contribution in [1.82, 2.24) is 4.98 Å². The molecule has 0 saturated carbocycles. The number of thiophene rings is 1. The summed E-state index contributed by atoms with van der Waals surface area (Å²) in [6, 6.07) is 13.8. The van der Waals surface area contributed by atoms with Crippen LogP contribution in [-0.4, -0.2) is 11.0 Å². The lowest BCUT2D eigenvalue weighted by molar-refractivity contribution is -0.145. The minimum atomic E-state index is -0.228. The molecule has 0 N–H and O–H groups in total. The molecule has 0 unspecified atom stereocenters. The minimum absolute atomic E-state index is 0.147. The topological polar surface area (TPSA) is 52.3 Å². The van der Waals surface area contributed by atoms with Gasteiger partial charge in [0.2, 0.25) is 5.89 Å². The summed E-state index contributed by atoms with van der Waals surface area (Å²) < 4.78 is 10.9. The van der Waals surface area contributed by atoms with E-state index in [4.69, 9.17) is 9.15 Å². The van der Waals surface area contributed by atoms with Crippen molar-refractivity contribution in [3.8, 4) is 10.8 Å². The maximum Gasteiger partial charge on any atom is 0.306 e. The van der Waals surface area contributed by atoms with Gasteiger partial charge >= 0.3 is 5.97 Å². The molecule has 3 rings (SSSR count). The van der Waals surface area contributed by atoms with E-state index in [0.717, 1.165) is 10.4 Å². The van der Waals surface area contributed by atoms with E-state index in [9.17, 15) is 4.79 Å². The first kappa shape index (κ1) is 15.5. The Morgan fingerprint density at radius 3 is 2.78 bits per heavy atom. The molecule has 0 aliphatic heterocycles. The zero-order chi connectivity index (χ0) is 16.1. The molecule has 4 nitrogen and oxygen atoms in total. The molecule has 0 amide bonds. The zero-order valence-corrected chi connectivity index (χ0v) is 13.6. The van der Waals surface area contributed by atoms with Crippen molar-refractivity contribution in [2.45, 2.75) is 26.4 Å². The Hall–Kier alpha value is -2.40. The molecule has 2 aromatic heterocycles. The fourth-order valence-corrected chi connectivity index (χ4v) is 2.83. The number of benzene rings is 1. The van der Waals surface area contributed by atoms with Crippen molar-refractivity contribution in [2.75, 3.05) is 0 Å². The van der Waals surface area contributed by atoms with Gasteiger partial charge in [-0.1, -0.05) is 36.4 Å². The van der Waals surface area contributed by atoms with Gasteiger partial charge in [0.05, 0.1) is 4.88 Å². The molecule has 118 valence electrons. The monoisotopic (exact) mass is 327 g/mol. The molecule has 1 aromatic carbocycles. The Morgan fingerprint density at radius 2 is 2.04 bits per heavy atom.